The van der Waals surface area contributed by atoms with Crippen LogP contribution in [0.2, 0.25) is 0 Å². The molecule has 17 nitrogen and oxygen atoms in total. The molecule has 1 fully saturated rings. The Labute approximate surface area is 411 Å². The number of carbonyl (C=O) groups is 1. The van der Waals surface area contributed by atoms with E-state index in [0.717, 1.165) is 36.8 Å². The minimum absolute atomic E-state index is 0.0174. The van der Waals surface area contributed by atoms with Crippen LogP contribution in [-0.2, 0) is 27.5 Å². The lowest BCUT2D eigenvalue weighted by Crippen LogP contribution is -2.70. The van der Waals surface area contributed by atoms with Crippen molar-refractivity contribution in [1.82, 2.24) is 4.90 Å². The molecule has 4 aliphatic rings. The molecule has 0 aromatic heterocycles. The van der Waals surface area contributed by atoms with Crippen molar-refractivity contribution in [1.29, 1.82) is 0 Å². The highest BCUT2D eigenvalue weighted by Crippen LogP contribution is 2.62. The fourth-order valence-corrected chi connectivity index (χ4v) is 10.3. The largest absolute Gasteiger partial charge is 0.490 e. The number of rotatable bonds is 24. The average molecular weight is 971 g/mol. The molecule has 0 spiro atoms. The monoisotopic (exact) mass is 970 g/mol. The number of ether oxygens (including phenoxy) is 5. The zero-order valence-electron chi connectivity index (χ0n) is 39.3. The molecule has 0 radical (unpaired) electrons. The highest BCUT2D eigenvalue weighted by molar-refractivity contribution is 6.03. The van der Waals surface area contributed by atoms with Gasteiger partial charge in [0.15, 0.2) is 11.5 Å². The van der Waals surface area contributed by atoms with Gasteiger partial charge in [-0.15, -0.1) is 6.58 Å². The quantitative estimate of drug-likeness (QED) is 0.0220. The Morgan fingerprint density at radius 3 is 2.21 bits per heavy atom. The third-order valence-electron chi connectivity index (χ3n) is 13.5. The molecule has 6 atom stereocenters. The number of benzene rings is 4. The molecule has 8 rings (SSSR count). The maximum absolute atomic E-state index is 15.3. The lowest BCUT2D eigenvalue weighted by atomic mass is 9.55. The van der Waals surface area contributed by atoms with Crippen molar-refractivity contribution in [2.24, 2.45) is 22.9 Å². The van der Waals surface area contributed by atoms with E-state index in [1.54, 1.807) is 53.5 Å². The number of fused-ring (bicyclic) bond motifs is 3. The molecule has 2 heterocycles. The van der Waals surface area contributed by atoms with Crippen LogP contribution in [0.3, 0.4) is 0 Å². The minimum Gasteiger partial charge on any atom is -0.490 e. The van der Waals surface area contributed by atoms with E-state index in [1.807, 2.05) is 30.3 Å². The zero-order valence-corrected chi connectivity index (χ0v) is 39.3. The Kier molecular flexibility index (Phi) is 16.3. The molecule has 17 heteroatoms. The lowest BCUT2D eigenvalue weighted by Gasteiger charge is -2.60. The number of nitrogens with zero attached hydrogens (tertiary/aromatic N) is 4. The molecule has 0 saturated heterocycles. The highest BCUT2D eigenvalue weighted by Gasteiger charge is 2.65. The number of hydrogen-bond donors (Lipinski definition) is 2. The maximum atomic E-state index is 15.3. The summed E-state index contributed by atoms with van der Waals surface area (Å²) in [5.41, 5.74) is 4.00. The third kappa shape index (κ3) is 11.2. The fourth-order valence-electron chi connectivity index (χ4n) is 10.3. The molecule has 4 aromatic carbocycles. The zero-order chi connectivity index (χ0) is 49.9. The molecule has 4 aromatic rings. The Morgan fingerprint density at radius 2 is 1.51 bits per heavy atom. The van der Waals surface area contributed by atoms with Gasteiger partial charge < -0.3 is 43.6 Å². The first-order chi connectivity index (χ1) is 34.6. The Balaban J connectivity index is 1.33. The van der Waals surface area contributed by atoms with Gasteiger partial charge in [-0.3, -0.25) is 25.0 Å². The van der Waals surface area contributed by atoms with Crippen molar-refractivity contribution < 1.29 is 53.4 Å². The molecule has 372 valence electrons. The van der Waals surface area contributed by atoms with E-state index in [1.165, 1.54) is 30.3 Å². The van der Waals surface area contributed by atoms with Gasteiger partial charge >= 0.3 is 0 Å². The number of oxime groups is 1. The standard InChI is InChI=1S/C54H58N4O13/c1-3-27-66-42-21-23-47-45(31-42)52-43(10-6-8-26-60)39(9-5-7-25-59)30-44-46(55-70-34-37-13-19-41(20-14-37)58(64)65)32-50(54(71-47,53(44)52)69-28-4-2)56(33-38-15-22-48-49(29-38)68-35-67-48)51(61)24-16-36-11-17-40(18-12-36)57(62)63/h3-4,11-24,29-31,39,43,50,52-53,59-60H,1-2,5-10,25-28,32-35H2/t39-,43+,50-,52+,53+,54+/m0/s1. The molecule has 71 heavy (non-hydrogen) atoms. The first-order valence-corrected chi connectivity index (χ1v) is 23.9. The number of amides is 1. The number of carbonyl (C=O) groups excluding carboxylic acids is 1. The average Bonchev–Trinajstić information content (AvgIpc) is 3.86. The van der Waals surface area contributed by atoms with E-state index in [-0.39, 0.29) is 81.9 Å². The summed E-state index contributed by atoms with van der Waals surface area (Å²) in [6.45, 7) is 8.32. The molecule has 1 saturated carbocycles. The van der Waals surface area contributed by atoms with Crippen molar-refractivity contribution in [2.75, 3.05) is 33.2 Å². The normalized spacial score (nSPS) is 22.1. The number of non-ortho nitro benzene ring substituents is 2. The lowest BCUT2D eigenvalue weighted by molar-refractivity contribution is -0.385. The van der Waals surface area contributed by atoms with Crippen LogP contribution in [0.4, 0.5) is 11.4 Å². The molecule has 0 bridgehead atoms. The van der Waals surface area contributed by atoms with Crippen molar-refractivity contribution in [3.8, 4) is 23.0 Å². The second-order valence-corrected chi connectivity index (χ2v) is 17.9. The molecule has 0 unspecified atom stereocenters. The number of unbranched alkanes of at least 4 members (excludes halogenated alkanes) is 2. The molecule has 2 aliphatic heterocycles. The first kappa shape index (κ1) is 50.1. The van der Waals surface area contributed by atoms with Crippen molar-refractivity contribution >= 4 is 29.1 Å². The van der Waals surface area contributed by atoms with E-state index >= 15 is 4.79 Å². The maximum Gasteiger partial charge on any atom is 0.269 e. The van der Waals surface area contributed by atoms with E-state index in [0.29, 0.717) is 58.2 Å². The van der Waals surface area contributed by atoms with Gasteiger partial charge in [-0.1, -0.05) is 48.9 Å². The number of aliphatic hydroxyl groups excluding tert-OH is 2. The van der Waals surface area contributed by atoms with Crippen LogP contribution in [0, 0.1) is 38.0 Å². The summed E-state index contributed by atoms with van der Waals surface area (Å²) in [6, 6.07) is 22.2. The Hall–Kier alpha value is -7.34. The van der Waals surface area contributed by atoms with Crippen molar-refractivity contribution in [3.05, 3.63) is 170 Å². The second kappa shape index (κ2) is 23.1. The predicted molar refractivity (Wildman–Crippen MR) is 264 cm³/mol. The van der Waals surface area contributed by atoms with Crippen molar-refractivity contribution in [2.45, 2.75) is 75.8 Å². The second-order valence-electron chi connectivity index (χ2n) is 17.9. The van der Waals surface area contributed by atoms with E-state index in [2.05, 4.69) is 19.2 Å². The van der Waals surface area contributed by atoms with Gasteiger partial charge in [0, 0.05) is 68.0 Å². The van der Waals surface area contributed by atoms with Crippen LogP contribution >= 0.6 is 0 Å². The van der Waals surface area contributed by atoms with E-state index in [9.17, 15) is 30.4 Å². The number of nitro benzene ring substituents is 2. The van der Waals surface area contributed by atoms with Gasteiger partial charge in [-0.05, 0) is 120 Å². The van der Waals surface area contributed by atoms with Gasteiger partial charge in [0.1, 0.15) is 30.8 Å². The smallest absolute Gasteiger partial charge is 0.269 e. The van der Waals surface area contributed by atoms with E-state index < -0.39 is 33.5 Å². The summed E-state index contributed by atoms with van der Waals surface area (Å²) in [5.74, 6) is -0.857. The summed E-state index contributed by atoms with van der Waals surface area (Å²) >= 11 is 0. The van der Waals surface area contributed by atoms with Crippen molar-refractivity contribution in [3.63, 3.8) is 0 Å². The number of aliphatic hydroxyl groups is 2. The number of nitro groups is 2. The first-order valence-electron chi connectivity index (χ1n) is 23.9. The Morgan fingerprint density at radius 1 is 0.831 bits per heavy atom. The van der Waals surface area contributed by atoms with Crippen LogP contribution in [0.25, 0.3) is 6.08 Å². The van der Waals surface area contributed by atoms with Gasteiger partial charge in [-0.2, -0.15) is 0 Å². The minimum atomic E-state index is -1.60. The summed E-state index contributed by atoms with van der Waals surface area (Å²) in [5, 5.41) is 47.8. The highest BCUT2D eigenvalue weighted by atomic mass is 16.7. The number of allylic oxidation sites excluding steroid dienone is 1. The van der Waals surface area contributed by atoms with Crippen LogP contribution in [0.15, 0.2) is 133 Å². The van der Waals surface area contributed by atoms with Gasteiger partial charge in [0.2, 0.25) is 18.5 Å². The molecule has 1 amide bonds. The predicted octanol–water partition coefficient (Wildman–Crippen LogP) is 9.37. The molecular weight excluding hydrogens is 913 g/mol. The van der Waals surface area contributed by atoms with Crippen LogP contribution in [-0.4, -0.2) is 81.6 Å². The summed E-state index contributed by atoms with van der Waals surface area (Å²) in [4.78, 5) is 45.2. The third-order valence-corrected chi connectivity index (χ3v) is 13.5. The Bertz CT molecular complexity index is 2670. The topological polar surface area (TPSA) is 215 Å². The van der Waals surface area contributed by atoms with E-state index in [4.69, 9.17) is 33.7 Å². The van der Waals surface area contributed by atoms with Gasteiger partial charge in [-0.25, -0.2) is 0 Å². The molecule has 2 aliphatic carbocycles. The van der Waals surface area contributed by atoms with Crippen LogP contribution in [0.5, 0.6) is 23.0 Å². The number of hydrogen-bond acceptors (Lipinski definition) is 14. The van der Waals surface area contributed by atoms with Gasteiger partial charge in [0.25, 0.3) is 11.4 Å². The van der Waals surface area contributed by atoms with Crippen LogP contribution in [0.1, 0.15) is 73.1 Å². The summed E-state index contributed by atoms with van der Waals surface area (Å²) in [7, 11) is 0. The molecule has 2 N–H and O–H groups in total. The molecular formula is C54H58N4O13. The SMILES string of the molecule is C=CCOc1ccc2c(c1)[C@H]1[C@H](CCCCO)[C@@H](CCCCO)C=C3C(=NOCc4ccc([N+](=O)[O-])cc4)C[C@H](N(Cc4ccc5c(c4)OCO5)C(=O)C=Cc4ccc([N+](=O)[O-])cc4)[C@@](OCC=C)(O2)[C@H]31. The summed E-state index contributed by atoms with van der Waals surface area (Å²) < 4.78 is 32.1. The fraction of sp³-hybridized carbons (Fsp3) is 0.370. The summed E-state index contributed by atoms with van der Waals surface area (Å²) in [6.07, 6.45) is 12.8. The van der Waals surface area contributed by atoms with Crippen LogP contribution < -0.4 is 18.9 Å². The van der Waals surface area contributed by atoms with Gasteiger partial charge in [0.05, 0.1) is 28.1 Å².